The van der Waals surface area contributed by atoms with Gasteiger partial charge in [-0.25, -0.2) is 0 Å². The van der Waals surface area contributed by atoms with Crippen LogP contribution in [-0.4, -0.2) is 36.5 Å². The van der Waals surface area contributed by atoms with Crippen LogP contribution in [0.4, 0.5) is 6.01 Å². The van der Waals surface area contributed by atoms with Gasteiger partial charge < -0.3 is 19.8 Å². The van der Waals surface area contributed by atoms with Crippen molar-refractivity contribution in [2.24, 2.45) is 0 Å². The molecule has 6 nitrogen and oxygen atoms in total. The highest BCUT2D eigenvalue weighted by Gasteiger charge is 2.08. The van der Waals surface area contributed by atoms with E-state index in [0.717, 1.165) is 13.0 Å². The first kappa shape index (κ1) is 12.9. The van der Waals surface area contributed by atoms with Crippen LogP contribution in [0.2, 0.25) is 0 Å². The lowest BCUT2D eigenvalue weighted by molar-refractivity contribution is 0.191. The Morgan fingerprint density at radius 2 is 2.25 bits per heavy atom. The van der Waals surface area contributed by atoms with Crippen molar-refractivity contribution in [3.05, 3.63) is 5.89 Å². The van der Waals surface area contributed by atoms with Gasteiger partial charge in [0.05, 0.1) is 6.54 Å². The highest BCUT2D eigenvalue weighted by molar-refractivity contribution is 5.18. The van der Waals surface area contributed by atoms with Crippen molar-refractivity contribution in [3.8, 4) is 0 Å². The van der Waals surface area contributed by atoms with Gasteiger partial charge in [0.1, 0.15) is 0 Å². The van der Waals surface area contributed by atoms with Crippen molar-refractivity contribution in [1.29, 1.82) is 0 Å². The molecule has 0 aliphatic carbocycles. The van der Waals surface area contributed by atoms with Gasteiger partial charge >= 0.3 is 6.01 Å². The number of rotatable bonds is 8. The molecule has 0 aromatic carbocycles. The summed E-state index contributed by atoms with van der Waals surface area (Å²) in [7, 11) is 1.69. The van der Waals surface area contributed by atoms with E-state index in [-0.39, 0.29) is 6.04 Å². The number of nitrogens with zero attached hydrogens (tertiary/aromatic N) is 2. The molecule has 0 aliphatic heterocycles. The van der Waals surface area contributed by atoms with Crippen LogP contribution in [0.1, 0.15) is 26.2 Å². The summed E-state index contributed by atoms with van der Waals surface area (Å²) in [5.74, 6) is 0.600. The Hall–Kier alpha value is -1.14. The van der Waals surface area contributed by atoms with Crippen LogP contribution in [0.25, 0.3) is 0 Å². The lowest BCUT2D eigenvalue weighted by atomic mass is 10.2. The zero-order valence-electron chi connectivity index (χ0n) is 10.1. The zero-order valence-corrected chi connectivity index (χ0v) is 10.1. The predicted molar refractivity (Wildman–Crippen MR) is 61.3 cm³/mol. The van der Waals surface area contributed by atoms with Crippen LogP contribution in [0.3, 0.4) is 0 Å². The molecule has 0 spiro atoms. The van der Waals surface area contributed by atoms with Gasteiger partial charge in [-0.1, -0.05) is 12.0 Å². The van der Waals surface area contributed by atoms with Crippen LogP contribution >= 0.6 is 0 Å². The Morgan fingerprint density at radius 1 is 1.44 bits per heavy atom. The molecule has 0 aliphatic rings. The molecule has 16 heavy (non-hydrogen) atoms. The maximum absolute atomic E-state index is 5.40. The van der Waals surface area contributed by atoms with Crippen LogP contribution < -0.4 is 10.6 Å². The summed E-state index contributed by atoms with van der Waals surface area (Å²) in [6.07, 6.45) is 0.904. The Morgan fingerprint density at radius 3 is 2.94 bits per heavy atom. The summed E-state index contributed by atoms with van der Waals surface area (Å²) < 4.78 is 10.4. The minimum absolute atomic E-state index is 0.257. The van der Waals surface area contributed by atoms with Crippen LogP contribution in [0.15, 0.2) is 4.42 Å². The molecule has 1 atom stereocenters. The Kier molecular flexibility index (Phi) is 5.81. The Bertz CT molecular complexity index is 290. The first-order valence-corrected chi connectivity index (χ1v) is 5.54. The second-order valence-electron chi connectivity index (χ2n) is 3.61. The lowest BCUT2D eigenvalue weighted by Crippen LogP contribution is -2.17. The van der Waals surface area contributed by atoms with Gasteiger partial charge in [-0.3, -0.25) is 0 Å². The molecule has 0 radical (unpaired) electrons. The largest absolute Gasteiger partial charge is 0.407 e. The third-order valence-electron chi connectivity index (χ3n) is 2.12. The molecule has 1 aromatic heterocycles. The van der Waals surface area contributed by atoms with Crippen molar-refractivity contribution in [3.63, 3.8) is 0 Å². The summed E-state index contributed by atoms with van der Waals surface area (Å²) in [4.78, 5) is 0. The summed E-state index contributed by atoms with van der Waals surface area (Å²) >= 11 is 0. The van der Waals surface area contributed by atoms with Crippen molar-refractivity contribution in [1.82, 2.24) is 15.5 Å². The quantitative estimate of drug-likeness (QED) is 0.692. The van der Waals surface area contributed by atoms with Gasteiger partial charge in [-0.05, 0) is 19.9 Å². The normalized spacial score (nSPS) is 12.7. The highest BCUT2D eigenvalue weighted by Crippen LogP contribution is 2.08. The fraction of sp³-hybridized carbons (Fsp3) is 0.800. The monoisotopic (exact) mass is 228 g/mol. The molecule has 0 bridgehead atoms. The van der Waals surface area contributed by atoms with E-state index in [1.54, 1.807) is 7.11 Å². The molecule has 0 amide bonds. The first-order chi connectivity index (χ1) is 7.76. The maximum atomic E-state index is 5.40. The topological polar surface area (TPSA) is 72.2 Å². The van der Waals surface area contributed by atoms with Gasteiger partial charge in [0.15, 0.2) is 0 Å². The number of hydrogen-bond donors (Lipinski definition) is 2. The van der Waals surface area contributed by atoms with E-state index >= 15 is 0 Å². The molecular formula is C10H20N4O2. The standard InChI is InChI=1S/C10H20N4O2/c1-4-11-7-9-13-14-10(16-9)12-8(2)5-6-15-3/h8,11H,4-7H2,1-3H3,(H,12,14). The average Bonchev–Trinajstić information content (AvgIpc) is 2.71. The predicted octanol–water partition coefficient (Wildman–Crippen LogP) is 1.02. The van der Waals surface area contributed by atoms with E-state index in [4.69, 9.17) is 9.15 Å². The zero-order chi connectivity index (χ0) is 11.8. The minimum atomic E-state index is 0.257. The fourth-order valence-corrected chi connectivity index (χ4v) is 1.19. The smallest absolute Gasteiger partial charge is 0.315 e. The van der Waals surface area contributed by atoms with E-state index < -0.39 is 0 Å². The minimum Gasteiger partial charge on any atom is -0.407 e. The van der Waals surface area contributed by atoms with E-state index in [1.165, 1.54) is 0 Å². The number of ether oxygens (including phenoxy) is 1. The molecule has 2 N–H and O–H groups in total. The second kappa shape index (κ2) is 7.19. The molecule has 1 unspecified atom stereocenters. The molecule has 1 rings (SSSR count). The van der Waals surface area contributed by atoms with Gasteiger partial charge in [-0.15, -0.1) is 5.10 Å². The van der Waals surface area contributed by atoms with Crippen molar-refractivity contribution < 1.29 is 9.15 Å². The van der Waals surface area contributed by atoms with E-state index in [2.05, 4.69) is 20.8 Å². The number of methoxy groups -OCH3 is 1. The lowest BCUT2D eigenvalue weighted by Gasteiger charge is -2.10. The Balaban J connectivity index is 2.33. The van der Waals surface area contributed by atoms with Crippen LogP contribution in [0, 0.1) is 0 Å². The average molecular weight is 228 g/mol. The fourth-order valence-electron chi connectivity index (χ4n) is 1.19. The molecular weight excluding hydrogens is 208 g/mol. The van der Waals surface area contributed by atoms with Crippen molar-refractivity contribution in [2.75, 3.05) is 25.6 Å². The van der Waals surface area contributed by atoms with Crippen LogP contribution in [0.5, 0.6) is 0 Å². The summed E-state index contributed by atoms with van der Waals surface area (Å²) in [5.41, 5.74) is 0. The summed E-state index contributed by atoms with van der Waals surface area (Å²) in [5, 5.41) is 14.1. The molecule has 0 fully saturated rings. The molecule has 0 saturated heterocycles. The maximum Gasteiger partial charge on any atom is 0.315 e. The molecule has 0 saturated carbocycles. The van der Waals surface area contributed by atoms with Gasteiger partial charge in [0.25, 0.3) is 0 Å². The third kappa shape index (κ3) is 4.59. The summed E-state index contributed by atoms with van der Waals surface area (Å²) in [6.45, 7) is 6.29. The number of nitrogens with one attached hydrogen (secondary N) is 2. The second-order valence-corrected chi connectivity index (χ2v) is 3.61. The van der Waals surface area contributed by atoms with Gasteiger partial charge in [0, 0.05) is 19.8 Å². The first-order valence-electron chi connectivity index (χ1n) is 5.54. The molecule has 6 heteroatoms. The number of anilines is 1. The Labute approximate surface area is 95.8 Å². The van der Waals surface area contributed by atoms with E-state index in [1.807, 2.05) is 13.8 Å². The van der Waals surface area contributed by atoms with Crippen molar-refractivity contribution in [2.45, 2.75) is 32.9 Å². The van der Waals surface area contributed by atoms with Crippen LogP contribution in [-0.2, 0) is 11.3 Å². The molecule has 92 valence electrons. The van der Waals surface area contributed by atoms with Gasteiger partial charge in [0.2, 0.25) is 5.89 Å². The molecule has 1 aromatic rings. The number of hydrogen-bond acceptors (Lipinski definition) is 6. The summed E-state index contributed by atoms with van der Waals surface area (Å²) in [6, 6.07) is 0.726. The SMILES string of the molecule is CCNCc1nnc(NC(C)CCOC)o1. The van der Waals surface area contributed by atoms with E-state index in [9.17, 15) is 0 Å². The van der Waals surface area contributed by atoms with E-state index in [0.29, 0.717) is 25.1 Å². The highest BCUT2D eigenvalue weighted by atomic mass is 16.5. The van der Waals surface area contributed by atoms with Gasteiger partial charge in [-0.2, -0.15) is 0 Å². The third-order valence-corrected chi connectivity index (χ3v) is 2.12. The molecule has 1 heterocycles. The van der Waals surface area contributed by atoms with Crippen molar-refractivity contribution >= 4 is 6.01 Å². The number of aromatic nitrogens is 2.